The summed E-state index contributed by atoms with van der Waals surface area (Å²) in [5, 5.41) is 2.95. The third kappa shape index (κ3) is 2.77. The van der Waals surface area contributed by atoms with Crippen LogP contribution in [0.5, 0.6) is 0 Å². The average molecular weight is 326 g/mol. The van der Waals surface area contributed by atoms with Gasteiger partial charge in [-0.25, -0.2) is 4.98 Å². The van der Waals surface area contributed by atoms with Crippen LogP contribution in [0.1, 0.15) is 37.9 Å². The molecule has 6 nitrogen and oxygen atoms in total. The van der Waals surface area contributed by atoms with Gasteiger partial charge in [-0.05, 0) is 38.0 Å². The number of aryl methyl sites for hydroxylation is 1. The van der Waals surface area contributed by atoms with Crippen LogP contribution in [-0.2, 0) is 9.59 Å². The molecule has 4 rings (SSSR count). The maximum atomic E-state index is 12.5. The van der Waals surface area contributed by atoms with E-state index in [9.17, 15) is 9.59 Å². The quantitative estimate of drug-likeness (QED) is 0.910. The Kier molecular flexibility index (Phi) is 3.75. The van der Waals surface area contributed by atoms with Crippen molar-refractivity contribution >= 4 is 28.5 Å². The summed E-state index contributed by atoms with van der Waals surface area (Å²) >= 11 is 0. The largest absolute Gasteiger partial charge is 0.342 e. The minimum atomic E-state index is -0.253. The highest BCUT2D eigenvalue weighted by molar-refractivity contribution is 5.98. The van der Waals surface area contributed by atoms with Crippen molar-refractivity contribution < 1.29 is 9.59 Å². The van der Waals surface area contributed by atoms with Crippen LogP contribution in [0, 0.1) is 12.8 Å². The van der Waals surface area contributed by atoms with Crippen molar-refractivity contribution in [1.82, 2.24) is 14.9 Å². The second kappa shape index (κ2) is 5.92. The number of carbonyl (C=O) groups excluding carboxylic acids is 2. The van der Waals surface area contributed by atoms with E-state index in [1.165, 1.54) is 12.8 Å². The van der Waals surface area contributed by atoms with E-state index in [1.54, 1.807) is 0 Å². The minimum Gasteiger partial charge on any atom is -0.342 e. The van der Waals surface area contributed by atoms with E-state index in [4.69, 9.17) is 0 Å². The highest BCUT2D eigenvalue weighted by atomic mass is 16.2. The second-order valence-electron chi connectivity index (χ2n) is 6.93. The Morgan fingerprint density at radius 3 is 2.92 bits per heavy atom. The summed E-state index contributed by atoms with van der Waals surface area (Å²) in [5.74, 6) is 0.653. The number of nitrogens with one attached hydrogen (secondary N) is 2. The molecular formula is C18H22N4O2. The molecule has 2 fully saturated rings. The van der Waals surface area contributed by atoms with Crippen LogP contribution in [-0.4, -0.2) is 39.3 Å². The number of nitrogens with zero attached hydrogens (tertiary/aromatic N) is 2. The van der Waals surface area contributed by atoms with Crippen LogP contribution in [0.4, 0.5) is 5.69 Å². The molecule has 126 valence electrons. The van der Waals surface area contributed by atoms with Gasteiger partial charge in [-0.3, -0.25) is 9.59 Å². The number of amides is 2. The normalized spacial score (nSPS) is 21.8. The van der Waals surface area contributed by atoms with Gasteiger partial charge in [0.2, 0.25) is 11.8 Å². The fraction of sp³-hybridized carbons (Fsp3) is 0.500. The SMILES string of the molecule is Cc1nc2ccc(NC(=O)[C@H]3CC(=O)N(C4CCCC4)C3)cc2[nH]1. The number of hydrogen-bond acceptors (Lipinski definition) is 3. The topological polar surface area (TPSA) is 78.1 Å². The molecule has 1 saturated carbocycles. The zero-order valence-electron chi connectivity index (χ0n) is 13.8. The molecule has 0 spiro atoms. The zero-order valence-corrected chi connectivity index (χ0v) is 13.8. The molecular weight excluding hydrogens is 304 g/mol. The summed E-state index contributed by atoms with van der Waals surface area (Å²) in [4.78, 5) is 34.2. The number of anilines is 1. The van der Waals surface area contributed by atoms with Crippen molar-refractivity contribution in [1.29, 1.82) is 0 Å². The number of benzene rings is 1. The summed E-state index contributed by atoms with van der Waals surface area (Å²) in [6.45, 7) is 2.46. The number of rotatable bonds is 3. The first-order valence-electron chi connectivity index (χ1n) is 8.67. The van der Waals surface area contributed by atoms with Gasteiger partial charge < -0.3 is 15.2 Å². The van der Waals surface area contributed by atoms with E-state index in [-0.39, 0.29) is 17.7 Å². The van der Waals surface area contributed by atoms with Crippen LogP contribution in [0.2, 0.25) is 0 Å². The number of aromatic nitrogens is 2. The van der Waals surface area contributed by atoms with Gasteiger partial charge in [-0.2, -0.15) is 0 Å². The molecule has 0 bridgehead atoms. The molecule has 2 amide bonds. The van der Waals surface area contributed by atoms with Crippen molar-refractivity contribution in [2.45, 2.75) is 45.1 Å². The summed E-state index contributed by atoms with van der Waals surface area (Å²) in [6, 6.07) is 5.98. The molecule has 1 aliphatic heterocycles. The van der Waals surface area contributed by atoms with Crippen LogP contribution in [0.25, 0.3) is 11.0 Å². The molecule has 6 heteroatoms. The lowest BCUT2D eigenvalue weighted by atomic mass is 10.1. The summed E-state index contributed by atoms with van der Waals surface area (Å²) in [7, 11) is 0. The molecule has 2 heterocycles. The first-order valence-corrected chi connectivity index (χ1v) is 8.67. The number of imidazole rings is 1. The first-order chi connectivity index (χ1) is 11.6. The Bertz CT molecular complexity index is 791. The molecule has 1 saturated heterocycles. The Balaban J connectivity index is 1.44. The predicted molar refractivity (Wildman–Crippen MR) is 91.5 cm³/mol. The Hall–Kier alpha value is -2.37. The fourth-order valence-corrected chi connectivity index (χ4v) is 3.94. The molecule has 1 aromatic heterocycles. The average Bonchev–Trinajstić information content (AvgIpc) is 3.25. The van der Waals surface area contributed by atoms with E-state index in [0.717, 1.165) is 35.4 Å². The maximum Gasteiger partial charge on any atom is 0.229 e. The monoisotopic (exact) mass is 326 g/mol. The van der Waals surface area contributed by atoms with E-state index in [0.29, 0.717) is 19.0 Å². The zero-order chi connectivity index (χ0) is 16.7. The molecule has 1 aromatic carbocycles. The number of fused-ring (bicyclic) bond motifs is 1. The second-order valence-corrected chi connectivity index (χ2v) is 6.93. The molecule has 2 aromatic rings. The van der Waals surface area contributed by atoms with Gasteiger partial charge in [-0.1, -0.05) is 12.8 Å². The Labute approximate surface area is 140 Å². The molecule has 1 atom stereocenters. The van der Waals surface area contributed by atoms with Crippen molar-refractivity contribution in [2.75, 3.05) is 11.9 Å². The first kappa shape index (κ1) is 15.2. The highest BCUT2D eigenvalue weighted by Gasteiger charge is 2.38. The minimum absolute atomic E-state index is 0.0700. The van der Waals surface area contributed by atoms with Gasteiger partial charge in [0, 0.05) is 24.7 Å². The van der Waals surface area contributed by atoms with Crippen LogP contribution >= 0.6 is 0 Å². The Morgan fingerprint density at radius 1 is 1.33 bits per heavy atom. The summed E-state index contributed by atoms with van der Waals surface area (Å²) in [5.41, 5.74) is 2.53. The molecule has 24 heavy (non-hydrogen) atoms. The molecule has 0 radical (unpaired) electrons. The third-order valence-electron chi connectivity index (χ3n) is 5.16. The fourth-order valence-electron chi connectivity index (χ4n) is 3.94. The lowest BCUT2D eigenvalue weighted by Crippen LogP contribution is -2.35. The van der Waals surface area contributed by atoms with Gasteiger partial charge in [0.15, 0.2) is 0 Å². The highest BCUT2D eigenvalue weighted by Crippen LogP contribution is 2.30. The van der Waals surface area contributed by atoms with Crippen molar-refractivity contribution in [3.63, 3.8) is 0 Å². The van der Waals surface area contributed by atoms with Gasteiger partial charge in [-0.15, -0.1) is 0 Å². The summed E-state index contributed by atoms with van der Waals surface area (Å²) in [6.07, 6.45) is 4.86. The summed E-state index contributed by atoms with van der Waals surface area (Å²) < 4.78 is 0. The number of H-pyrrole nitrogens is 1. The molecule has 2 N–H and O–H groups in total. The van der Waals surface area contributed by atoms with Crippen molar-refractivity contribution in [3.05, 3.63) is 24.0 Å². The van der Waals surface area contributed by atoms with Crippen LogP contribution in [0.3, 0.4) is 0 Å². The predicted octanol–water partition coefficient (Wildman–Crippen LogP) is 2.60. The molecule has 0 unspecified atom stereocenters. The van der Waals surface area contributed by atoms with Gasteiger partial charge >= 0.3 is 0 Å². The van der Waals surface area contributed by atoms with Gasteiger partial charge in [0.1, 0.15) is 5.82 Å². The number of aromatic amines is 1. The van der Waals surface area contributed by atoms with E-state index in [2.05, 4.69) is 15.3 Å². The third-order valence-corrected chi connectivity index (χ3v) is 5.16. The standard InChI is InChI=1S/C18H22N4O2/c1-11-19-15-7-6-13(9-16(15)20-11)21-18(24)12-8-17(23)22(10-12)14-4-2-3-5-14/h6-7,9,12,14H,2-5,8,10H2,1H3,(H,19,20)(H,21,24)/t12-/m0/s1. The van der Waals surface area contributed by atoms with Crippen LogP contribution in [0.15, 0.2) is 18.2 Å². The Morgan fingerprint density at radius 2 is 2.12 bits per heavy atom. The van der Waals surface area contributed by atoms with Crippen molar-refractivity contribution in [3.8, 4) is 0 Å². The lowest BCUT2D eigenvalue weighted by Gasteiger charge is -2.23. The molecule has 2 aliphatic rings. The van der Waals surface area contributed by atoms with Crippen molar-refractivity contribution in [2.24, 2.45) is 5.92 Å². The maximum absolute atomic E-state index is 12.5. The smallest absolute Gasteiger partial charge is 0.229 e. The lowest BCUT2D eigenvalue weighted by molar-refractivity contribution is -0.129. The van der Waals surface area contributed by atoms with E-state index in [1.807, 2.05) is 30.0 Å². The number of likely N-dealkylation sites (tertiary alicyclic amines) is 1. The number of carbonyl (C=O) groups is 2. The van der Waals surface area contributed by atoms with Gasteiger partial charge in [0.25, 0.3) is 0 Å². The van der Waals surface area contributed by atoms with Gasteiger partial charge in [0.05, 0.1) is 17.0 Å². The van der Waals surface area contributed by atoms with Crippen LogP contribution < -0.4 is 5.32 Å². The molecule has 1 aliphatic carbocycles. The van der Waals surface area contributed by atoms with E-state index >= 15 is 0 Å². The number of hydrogen-bond donors (Lipinski definition) is 2. The van der Waals surface area contributed by atoms with E-state index < -0.39 is 0 Å².